The van der Waals surface area contributed by atoms with Crippen molar-refractivity contribution in [3.8, 4) is 0 Å². The van der Waals surface area contributed by atoms with Gasteiger partial charge in [-0.3, -0.25) is 0 Å². The lowest BCUT2D eigenvalue weighted by molar-refractivity contribution is 0.184. The van der Waals surface area contributed by atoms with Gasteiger partial charge in [-0.1, -0.05) is 15.9 Å². The summed E-state index contributed by atoms with van der Waals surface area (Å²) in [4.78, 5) is 0. The molecule has 0 amide bonds. The summed E-state index contributed by atoms with van der Waals surface area (Å²) in [6.07, 6.45) is 1.85. The fraction of sp³-hybridized carbons (Fsp3) is 1.00. The van der Waals surface area contributed by atoms with Gasteiger partial charge in [-0.05, 0) is 19.8 Å². The number of halogens is 1. The average Bonchev–Trinajstić information content (AvgIpc) is 1.61. The Hall–Kier alpha value is 0.440. The third-order valence-corrected chi connectivity index (χ3v) is 1.32. The fourth-order valence-corrected chi connectivity index (χ4v) is 0.696. The van der Waals surface area contributed by atoms with Crippen LogP contribution in [0.5, 0.6) is 0 Å². The van der Waals surface area contributed by atoms with Crippen LogP contribution in [0.15, 0.2) is 0 Å². The molecule has 1 N–H and O–H groups in total. The third kappa shape index (κ3) is 6.44. The number of hydrogen-bond acceptors (Lipinski definition) is 1. The molecule has 0 bridgehead atoms. The lowest BCUT2D eigenvalue weighted by atomic mass is 10.2. The van der Waals surface area contributed by atoms with Crippen molar-refractivity contribution < 1.29 is 5.11 Å². The van der Waals surface area contributed by atoms with E-state index in [0.717, 1.165) is 18.2 Å². The summed E-state index contributed by atoms with van der Waals surface area (Å²) >= 11 is 3.27. The first kappa shape index (κ1) is 7.44. The molecule has 1 nitrogen and oxygen atoms in total. The fourth-order valence-electron chi connectivity index (χ4n) is 0.373. The highest BCUT2D eigenvalue weighted by molar-refractivity contribution is 9.09. The third-order valence-electron chi connectivity index (χ3n) is 0.756. The van der Waals surface area contributed by atoms with Crippen molar-refractivity contribution in [1.29, 1.82) is 0 Å². The molecule has 0 fully saturated rings. The van der Waals surface area contributed by atoms with Crippen LogP contribution in [0.25, 0.3) is 0 Å². The highest BCUT2D eigenvalue weighted by Crippen LogP contribution is 1.97. The van der Waals surface area contributed by atoms with Crippen LogP contribution in [0.4, 0.5) is 0 Å². The first-order chi connectivity index (χ1) is 3.27. The first-order valence-electron chi connectivity index (χ1n) is 2.51. The van der Waals surface area contributed by atoms with Gasteiger partial charge in [-0.25, -0.2) is 0 Å². The second kappa shape index (κ2) is 4.60. The van der Waals surface area contributed by atoms with Gasteiger partial charge in [0.2, 0.25) is 0 Å². The second-order valence-corrected chi connectivity index (χ2v) is 2.47. The topological polar surface area (TPSA) is 20.2 Å². The molecule has 2 heteroatoms. The number of aliphatic hydroxyl groups excluding tert-OH is 1. The van der Waals surface area contributed by atoms with Crippen LogP contribution in [0.1, 0.15) is 19.8 Å². The molecule has 0 radical (unpaired) electrons. The van der Waals surface area contributed by atoms with Gasteiger partial charge in [-0.2, -0.15) is 0 Å². The molecule has 0 heterocycles. The monoisotopic (exact) mass is 166 g/mol. The summed E-state index contributed by atoms with van der Waals surface area (Å²) in [5, 5.41) is 9.66. The van der Waals surface area contributed by atoms with Crippen molar-refractivity contribution >= 4 is 15.9 Å². The van der Waals surface area contributed by atoms with E-state index in [2.05, 4.69) is 15.9 Å². The van der Waals surface area contributed by atoms with E-state index in [9.17, 15) is 0 Å². The molecule has 0 rings (SSSR count). The SMILES string of the molecule is C[C@H](O)CCCBr. The molecule has 0 aliphatic heterocycles. The standard InChI is InChI=1S/C5H11BrO/c1-5(7)3-2-4-6/h5,7H,2-4H2,1H3/t5-/m0/s1. The van der Waals surface area contributed by atoms with E-state index in [1.807, 2.05) is 6.92 Å². The van der Waals surface area contributed by atoms with Crippen LogP contribution in [0.2, 0.25) is 0 Å². The van der Waals surface area contributed by atoms with E-state index in [4.69, 9.17) is 5.11 Å². The smallest absolute Gasteiger partial charge is 0.0512 e. The molecule has 0 aliphatic carbocycles. The van der Waals surface area contributed by atoms with E-state index < -0.39 is 0 Å². The van der Waals surface area contributed by atoms with Gasteiger partial charge in [0.25, 0.3) is 0 Å². The molecule has 0 saturated carbocycles. The van der Waals surface area contributed by atoms with Crippen LogP contribution in [-0.4, -0.2) is 16.5 Å². The number of hydrogen-bond donors (Lipinski definition) is 1. The molecule has 7 heavy (non-hydrogen) atoms. The number of rotatable bonds is 3. The van der Waals surface area contributed by atoms with Crippen molar-refractivity contribution in [3.63, 3.8) is 0 Å². The summed E-state index contributed by atoms with van der Waals surface area (Å²) in [6.45, 7) is 1.81. The molecule has 0 aromatic rings. The lowest BCUT2D eigenvalue weighted by Gasteiger charge is -1.97. The Morgan fingerprint density at radius 1 is 1.71 bits per heavy atom. The summed E-state index contributed by atoms with van der Waals surface area (Å²) in [7, 11) is 0. The van der Waals surface area contributed by atoms with Gasteiger partial charge in [0, 0.05) is 5.33 Å². The predicted octanol–water partition coefficient (Wildman–Crippen LogP) is 1.54. The zero-order chi connectivity index (χ0) is 5.70. The van der Waals surface area contributed by atoms with Crippen LogP contribution in [-0.2, 0) is 0 Å². The molecule has 0 unspecified atom stereocenters. The van der Waals surface area contributed by atoms with E-state index in [1.165, 1.54) is 0 Å². The molecule has 0 aromatic heterocycles. The molecule has 0 aliphatic rings. The Labute approximate surface area is 52.9 Å². The van der Waals surface area contributed by atoms with Crippen molar-refractivity contribution in [2.75, 3.05) is 5.33 Å². The maximum Gasteiger partial charge on any atom is 0.0512 e. The minimum absolute atomic E-state index is 0.127. The van der Waals surface area contributed by atoms with Gasteiger partial charge in [0.15, 0.2) is 0 Å². The Morgan fingerprint density at radius 3 is 2.43 bits per heavy atom. The highest BCUT2D eigenvalue weighted by atomic mass is 79.9. The Balaban J connectivity index is 2.68. The van der Waals surface area contributed by atoms with E-state index in [1.54, 1.807) is 0 Å². The van der Waals surface area contributed by atoms with Crippen LogP contribution in [0, 0.1) is 0 Å². The number of alkyl halides is 1. The molecule has 0 spiro atoms. The van der Waals surface area contributed by atoms with Crippen molar-refractivity contribution in [2.24, 2.45) is 0 Å². The maximum atomic E-state index is 8.66. The van der Waals surface area contributed by atoms with E-state index in [0.29, 0.717) is 0 Å². The average molecular weight is 167 g/mol. The normalized spacial score (nSPS) is 14.1. The predicted molar refractivity (Wildman–Crippen MR) is 34.7 cm³/mol. The maximum absolute atomic E-state index is 8.66. The molecule has 0 saturated heterocycles. The summed E-state index contributed by atoms with van der Waals surface area (Å²) in [6, 6.07) is 0. The van der Waals surface area contributed by atoms with Crippen molar-refractivity contribution in [2.45, 2.75) is 25.9 Å². The Kier molecular flexibility index (Phi) is 4.88. The Bertz CT molecular complexity index is 37.1. The summed E-state index contributed by atoms with van der Waals surface area (Å²) < 4.78 is 0. The molecule has 1 atom stereocenters. The summed E-state index contributed by atoms with van der Waals surface area (Å²) in [5.41, 5.74) is 0. The minimum atomic E-state index is -0.127. The van der Waals surface area contributed by atoms with Gasteiger partial charge < -0.3 is 5.11 Å². The highest BCUT2D eigenvalue weighted by Gasteiger charge is 1.90. The molecule has 44 valence electrons. The van der Waals surface area contributed by atoms with Gasteiger partial charge in [-0.15, -0.1) is 0 Å². The van der Waals surface area contributed by atoms with Crippen molar-refractivity contribution in [3.05, 3.63) is 0 Å². The van der Waals surface area contributed by atoms with Crippen LogP contribution in [0.3, 0.4) is 0 Å². The van der Waals surface area contributed by atoms with Crippen molar-refractivity contribution in [1.82, 2.24) is 0 Å². The zero-order valence-electron chi connectivity index (χ0n) is 4.52. The van der Waals surface area contributed by atoms with Gasteiger partial charge >= 0.3 is 0 Å². The summed E-state index contributed by atoms with van der Waals surface area (Å²) in [5.74, 6) is 0. The molecular formula is C5H11BrO. The van der Waals surface area contributed by atoms with Crippen LogP contribution >= 0.6 is 15.9 Å². The second-order valence-electron chi connectivity index (χ2n) is 1.68. The first-order valence-corrected chi connectivity index (χ1v) is 3.63. The quantitative estimate of drug-likeness (QED) is 0.632. The van der Waals surface area contributed by atoms with E-state index in [-0.39, 0.29) is 6.10 Å². The lowest BCUT2D eigenvalue weighted by Crippen LogP contribution is -1.98. The molecular weight excluding hydrogens is 156 g/mol. The van der Waals surface area contributed by atoms with E-state index >= 15 is 0 Å². The Morgan fingerprint density at radius 2 is 2.29 bits per heavy atom. The van der Waals surface area contributed by atoms with Gasteiger partial charge in [0.05, 0.1) is 6.10 Å². The largest absolute Gasteiger partial charge is 0.393 e. The van der Waals surface area contributed by atoms with Gasteiger partial charge in [0.1, 0.15) is 0 Å². The minimum Gasteiger partial charge on any atom is -0.393 e. The molecule has 0 aromatic carbocycles. The number of aliphatic hydroxyl groups is 1. The zero-order valence-corrected chi connectivity index (χ0v) is 6.11. The van der Waals surface area contributed by atoms with Crippen LogP contribution < -0.4 is 0 Å².